The Balaban J connectivity index is 2.54. The zero-order valence-corrected chi connectivity index (χ0v) is 7.48. The Kier molecular flexibility index (Phi) is 3.31. The average Bonchev–Trinajstić information content (AvgIpc) is 2.04. The molecule has 1 rings (SSSR count). The fourth-order valence-corrected chi connectivity index (χ4v) is 1.24. The van der Waals surface area contributed by atoms with Crippen LogP contribution in [0.2, 0.25) is 0 Å². The van der Waals surface area contributed by atoms with Crippen LogP contribution in [0.3, 0.4) is 0 Å². The summed E-state index contributed by atoms with van der Waals surface area (Å²) in [6, 6.07) is 0.230. The molecule has 1 aliphatic carbocycles. The van der Waals surface area contributed by atoms with Crippen LogP contribution in [-0.2, 0) is 0 Å². The van der Waals surface area contributed by atoms with Gasteiger partial charge in [0.2, 0.25) is 5.96 Å². The van der Waals surface area contributed by atoms with Crippen molar-refractivity contribution in [1.29, 1.82) is 0 Å². The van der Waals surface area contributed by atoms with Crippen LogP contribution in [0.25, 0.3) is 0 Å². The van der Waals surface area contributed by atoms with Crippen molar-refractivity contribution in [1.82, 2.24) is 0 Å². The predicted octanol–water partition coefficient (Wildman–Crippen LogP) is -0.317. The topological polar surface area (TPSA) is 103 Å². The summed E-state index contributed by atoms with van der Waals surface area (Å²) < 4.78 is 0. The zero-order chi connectivity index (χ0) is 9.68. The van der Waals surface area contributed by atoms with Crippen molar-refractivity contribution in [3.8, 4) is 0 Å². The summed E-state index contributed by atoms with van der Waals surface area (Å²) in [7, 11) is 0. The molecule has 1 unspecified atom stereocenters. The minimum absolute atomic E-state index is 0.0485. The zero-order valence-electron chi connectivity index (χ0n) is 7.48. The van der Waals surface area contributed by atoms with E-state index in [0.717, 1.165) is 19.3 Å². The number of aliphatic imine (C=N–C) groups is 2. The van der Waals surface area contributed by atoms with Crippen molar-refractivity contribution in [3.63, 3.8) is 0 Å². The lowest BCUT2D eigenvalue weighted by Gasteiger charge is -2.12. The molecular formula is C8H15N5. The Labute approximate surface area is 77.4 Å². The van der Waals surface area contributed by atoms with Crippen molar-refractivity contribution in [2.75, 3.05) is 0 Å². The Morgan fingerprint density at radius 1 is 1.23 bits per heavy atom. The first kappa shape index (κ1) is 9.57. The van der Waals surface area contributed by atoms with E-state index in [1.165, 1.54) is 0 Å². The molecule has 13 heavy (non-hydrogen) atoms. The first-order valence-electron chi connectivity index (χ1n) is 4.26. The number of nitrogens with two attached hydrogens (primary N) is 3. The summed E-state index contributed by atoms with van der Waals surface area (Å²) in [6.07, 6.45) is 7.21. The van der Waals surface area contributed by atoms with Crippen molar-refractivity contribution < 1.29 is 0 Å². The highest BCUT2D eigenvalue weighted by Crippen LogP contribution is 2.13. The van der Waals surface area contributed by atoms with E-state index in [-0.39, 0.29) is 18.0 Å². The molecule has 0 aromatic rings. The van der Waals surface area contributed by atoms with Gasteiger partial charge in [-0.05, 0) is 19.3 Å². The normalized spacial score (nSPS) is 22.8. The van der Waals surface area contributed by atoms with E-state index in [9.17, 15) is 0 Å². The lowest BCUT2D eigenvalue weighted by molar-refractivity contribution is 0.608. The van der Waals surface area contributed by atoms with Gasteiger partial charge < -0.3 is 17.2 Å². The van der Waals surface area contributed by atoms with Gasteiger partial charge in [0.1, 0.15) is 0 Å². The van der Waals surface area contributed by atoms with E-state index >= 15 is 0 Å². The molecule has 1 aliphatic rings. The van der Waals surface area contributed by atoms with Gasteiger partial charge in [-0.3, -0.25) is 0 Å². The predicted molar refractivity (Wildman–Crippen MR) is 54.2 cm³/mol. The van der Waals surface area contributed by atoms with Gasteiger partial charge in [-0.15, -0.1) is 0 Å². The van der Waals surface area contributed by atoms with Gasteiger partial charge in [-0.1, -0.05) is 12.2 Å². The summed E-state index contributed by atoms with van der Waals surface area (Å²) >= 11 is 0. The monoisotopic (exact) mass is 181 g/mol. The number of hydrogen-bond donors (Lipinski definition) is 3. The van der Waals surface area contributed by atoms with Crippen LogP contribution < -0.4 is 17.2 Å². The number of hydrogen-bond acceptors (Lipinski definition) is 1. The third-order valence-corrected chi connectivity index (χ3v) is 1.80. The van der Waals surface area contributed by atoms with Crippen molar-refractivity contribution >= 4 is 11.9 Å². The van der Waals surface area contributed by atoms with Crippen LogP contribution in [0.1, 0.15) is 19.3 Å². The summed E-state index contributed by atoms with van der Waals surface area (Å²) in [5.74, 6) is 0.118. The molecule has 72 valence electrons. The highest BCUT2D eigenvalue weighted by molar-refractivity contribution is 5.92. The molecule has 5 nitrogen and oxygen atoms in total. The highest BCUT2D eigenvalue weighted by Gasteiger charge is 2.07. The molecule has 0 radical (unpaired) electrons. The van der Waals surface area contributed by atoms with Crippen molar-refractivity contribution in [3.05, 3.63) is 12.2 Å². The maximum atomic E-state index is 5.48. The molecule has 5 heteroatoms. The molecule has 0 spiro atoms. The van der Waals surface area contributed by atoms with Gasteiger partial charge in [0, 0.05) is 0 Å². The second kappa shape index (κ2) is 4.49. The van der Waals surface area contributed by atoms with Gasteiger partial charge in [-0.2, -0.15) is 4.99 Å². The third-order valence-electron chi connectivity index (χ3n) is 1.80. The van der Waals surface area contributed by atoms with Gasteiger partial charge in [-0.25, -0.2) is 4.99 Å². The maximum Gasteiger partial charge on any atom is 0.218 e. The molecular weight excluding hydrogens is 166 g/mol. The van der Waals surface area contributed by atoms with Gasteiger partial charge >= 0.3 is 0 Å². The molecule has 0 aliphatic heterocycles. The van der Waals surface area contributed by atoms with Crippen molar-refractivity contribution in [2.45, 2.75) is 25.3 Å². The van der Waals surface area contributed by atoms with E-state index in [1.807, 2.05) is 0 Å². The molecule has 0 fully saturated rings. The van der Waals surface area contributed by atoms with Crippen LogP contribution in [0.4, 0.5) is 0 Å². The second-order valence-electron chi connectivity index (χ2n) is 2.96. The molecule has 0 saturated heterocycles. The number of rotatable bonds is 1. The van der Waals surface area contributed by atoms with Gasteiger partial charge in [0.05, 0.1) is 6.04 Å². The molecule has 0 aromatic heterocycles. The van der Waals surface area contributed by atoms with Gasteiger partial charge in [0.15, 0.2) is 5.96 Å². The molecule has 0 saturated carbocycles. The lowest BCUT2D eigenvalue weighted by atomic mass is 10.0. The van der Waals surface area contributed by atoms with Crippen LogP contribution in [-0.4, -0.2) is 18.0 Å². The molecule has 0 amide bonds. The molecule has 1 atom stereocenters. The first-order valence-corrected chi connectivity index (χ1v) is 4.26. The second-order valence-corrected chi connectivity index (χ2v) is 2.96. The third kappa shape index (κ3) is 3.59. The quantitative estimate of drug-likeness (QED) is 0.293. The number of guanidine groups is 2. The minimum Gasteiger partial charge on any atom is -0.370 e. The molecule has 0 heterocycles. The summed E-state index contributed by atoms with van der Waals surface area (Å²) in [6.45, 7) is 0. The average molecular weight is 181 g/mol. The minimum atomic E-state index is -0.0485. The Morgan fingerprint density at radius 2 is 2.00 bits per heavy atom. The maximum absolute atomic E-state index is 5.48. The smallest absolute Gasteiger partial charge is 0.218 e. The largest absolute Gasteiger partial charge is 0.370 e. The fourth-order valence-electron chi connectivity index (χ4n) is 1.24. The van der Waals surface area contributed by atoms with E-state index in [0.29, 0.717) is 0 Å². The summed E-state index contributed by atoms with van der Waals surface area (Å²) in [4.78, 5) is 7.82. The Morgan fingerprint density at radius 3 is 2.54 bits per heavy atom. The van der Waals surface area contributed by atoms with Crippen molar-refractivity contribution in [2.24, 2.45) is 27.2 Å². The highest BCUT2D eigenvalue weighted by atomic mass is 15.1. The van der Waals surface area contributed by atoms with E-state index in [4.69, 9.17) is 17.2 Å². The van der Waals surface area contributed by atoms with Crippen LogP contribution in [0, 0.1) is 0 Å². The Bertz CT molecular complexity index is 249. The lowest BCUT2D eigenvalue weighted by Crippen LogP contribution is -2.27. The molecule has 0 bridgehead atoms. The summed E-state index contributed by atoms with van der Waals surface area (Å²) in [5, 5.41) is 0. The van der Waals surface area contributed by atoms with E-state index < -0.39 is 0 Å². The fraction of sp³-hybridized carbons (Fsp3) is 0.500. The van der Waals surface area contributed by atoms with Crippen LogP contribution in [0.15, 0.2) is 22.1 Å². The molecule has 6 N–H and O–H groups in total. The van der Waals surface area contributed by atoms with Gasteiger partial charge in [0.25, 0.3) is 0 Å². The van der Waals surface area contributed by atoms with E-state index in [1.54, 1.807) is 0 Å². The number of allylic oxidation sites excluding steroid dienone is 1. The summed E-state index contributed by atoms with van der Waals surface area (Å²) in [5.41, 5.74) is 15.8. The standard InChI is InChI=1S/C8H15N5/c9-7(10)13-8(11)12-6-4-2-1-3-5-6/h1-2,6H,3-5H2,(H6,9,10,11,12,13). The Hall–Kier alpha value is -1.52. The first-order chi connectivity index (χ1) is 6.18. The van der Waals surface area contributed by atoms with Crippen LogP contribution in [0.5, 0.6) is 0 Å². The van der Waals surface area contributed by atoms with Crippen LogP contribution >= 0.6 is 0 Å². The molecule has 0 aromatic carbocycles. The van der Waals surface area contributed by atoms with E-state index in [2.05, 4.69) is 22.1 Å². The number of nitrogens with zero attached hydrogens (tertiary/aromatic N) is 2. The SMILES string of the molecule is NC(N)=NC(N)=NC1CC=CCC1.